The minimum Gasteiger partial charge on any atom is -0.454 e. The van der Waals surface area contributed by atoms with Crippen LogP contribution < -0.4 is 4.90 Å². The lowest BCUT2D eigenvalue weighted by molar-refractivity contribution is 0.669. The number of para-hydroxylation sites is 2. The van der Waals surface area contributed by atoms with Crippen molar-refractivity contribution in [3.63, 3.8) is 0 Å². The Kier molecular flexibility index (Phi) is 5.40. The largest absolute Gasteiger partial charge is 0.454 e. The Hall–Kier alpha value is -5.38. The molecular weight excluding hydrogens is 543 g/mol. The molecule has 0 spiro atoms. The van der Waals surface area contributed by atoms with E-state index in [4.69, 9.17) is 4.42 Å². The molecule has 0 N–H and O–H groups in total. The van der Waals surface area contributed by atoms with Gasteiger partial charge in [0.1, 0.15) is 5.58 Å². The standard InChI is InChI=1S/C40H25NOS/c1-2-10-26(11-3-1)27-20-21-29-25-30(23-22-28(29)24-27)41(35-16-8-14-33-31-12-4-6-18-37(31)42-39(33)35)36-17-9-15-34-32-13-5-7-19-38(32)43-40(34)36/h1-25H. The third-order valence-corrected chi connectivity index (χ3v) is 9.65. The first-order chi connectivity index (χ1) is 21.3. The maximum atomic E-state index is 6.59. The number of benzene rings is 7. The van der Waals surface area contributed by atoms with Crippen LogP contribution in [0.15, 0.2) is 156 Å². The molecule has 0 saturated carbocycles. The van der Waals surface area contributed by atoms with Crippen molar-refractivity contribution in [2.24, 2.45) is 0 Å². The molecule has 0 saturated heterocycles. The second-order valence-corrected chi connectivity index (χ2v) is 12.0. The van der Waals surface area contributed by atoms with E-state index < -0.39 is 0 Å². The number of thiophene rings is 1. The molecule has 0 unspecified atom stereocenters. The highest BCUT2D eigenvalue weighted by Gasteiger charge is 2.22. The van der Waals surface area contributed by atoms with Gasteiger partial charge >= 0.3 is 0 Å². The molecule has 0 fully saturated rings. The number of furan rings is 1. The van der Waals surface area contributed by atoms with E-state index in [9.17, 15) is 0 Å². The fourth-order valence-corrected chi connectivity index (χ4v) is 7.61. The zero-order valence-corrected chi connectivity index (χ0v) is 24.0. The summed E-state index contributed by atoms with van der Waals surface area (Å²) in [7, 11) is 0. The van der Waals surface area contributed by atoms with Crippen molar-refractivity contribution >= 4 is 81.3 Å². The third kappa shape index (κ3) is 3.86. The van der Waals surface area contributed by atoms with Crippen molar-refractivity contribution in [3.8, 4) is 11.1 Å². The molecule has 0 atom stereocenters. The summed E-state index contributed by atoms with van der Waals surface area (Å²) < 4.78 is 9.14. The van der Waals surface area contributed by atoms with E-state index in [1.54, 1.807) is 0 Å². The lowest BCUT2D eigenvalue weighted by atomic mass is 10.0. The van der Waals surface area contributed by atoms with Gasteiger partial charge in [0.25, 0.3) is 0 Å². The summed E-state index contributed by atoms with van der Waals surface area (Å²) in [6.45, 7) is 0. The number of rotatable bonds is 4. The number of nitrogens with zero attached hydrogens (tertiary/aromatic N) is 1. The van der Waals surface area contributed by atoms with Crippen molar-refractivity contribution in [2.45, 2.75) is 0 Å². The first-order valence-electron chi connectivity index (χ1n) is 14.5. The molecular formula is C40H25NOS. The number of fused-ring (bicyclic) bond motifs is 7. The predicted octanol–water partition coefficient (Wildman–Crippen LogP) is 12.2. The maximum absolute atomic E-state index is 6.59. The number of hydrogen-bond donors (Lipinski definition) is 0. The van der Waals surface area contributed by atoms with Crippen molar-refractivity contribution in [1.29, 1.82) is 0 Å². The third-order valence-electron chi connectivity index (χ3n) is 8.44. The van der Waals surface area contributed by atoms with Gasteiger partial charge in [-0.3, -0.25) is 0 Å². The van der Waals surface area contributed by atoms with E-state index in [0.717, 1.165) is 39.0 Å². The van der Waals surface area contributed by atoms with E-state index in [0.29, 0.717) is 0 Å². The fraction of sp³-hybridized carbons (Fsp3) is 0. The second-order valence-electron chi connectivity index (χ2n) is 11.0. The Balaban J connectivity index is 1.31. The van der Waals surface area contributed by atoms with Gasteiger partial charge in [-0.25, -0.2) is 0 Å². The minimum absolute atomic E-state index is 0.890. The molecule has 43 heavy (non-hydrogen) atoms. The normalized spacial score (nSPS) is 11.7. The molecule has 2 nitrogen and oxygen atoms in total. The van der Waals surface area contributed by atoms with Crippen LogP contribution in [0.5, 0.6) is 0 Å². The predicted molar refractivity (Wildman–Crippen MR) is 184 cm³/mol. The molecule has 0 radical (unpaired) electrons. The van der Waals surface area contributed by atoms with Crippen LogP contribution in [0, 0.1) is 0 Å². The molecule has 9 rings (SSSR count). The first-order valence-corrected chi connectivity index (χ1v) is 15.3. The monoisotopic (exact) mass is 567 g/mol. The Morgan fingerprint density at radius 3 is 2.07 bits per heavy atom. The molecule has 7 aromatic carbocycles. The first kappa shape index (κ1) is 24.2. The van der Waals surface area contributed by atoms with Crippen LogP contribution in [0.3, 0.4) is 0 Å². The topological polar surface area (TPSA) is 16.4 Å². The molecule has 3 heteroatoms. The quantitative estimate of drug-likeness (QED) is 0.210. The lowest BCUT2D eigenvalue weighted by Crippen LogP contribution is -2.10. The Morgan fingerprint density at radius 2 is 1.16 bits per heavy atom. The Morgan fingerprint density at radius 1 is 0.465 bits per heavy atom. The van der Waals surface area contributed by atoms with Gasteiger partial charge in [-0.15, -0.1) is 11.3 Å². The van der Waals surface area contributed by atoms with Crippen LogP contribution in [-0.4, -0.2) is 0 Å². The minimum atomic E-state index is 0.890. The van der Waals surface area contributed by atoms with Gasteiger partial charge in [-0.05, 0) is 64.4 Å². The highest BCUT2D eigenvalue weighted by Crippen LogP contribution is 2.47. The maximum Gasteiger partial charge on any atom is 0.159 e. The summed E-state index contributed by atoms with van der Waals surface area (Å²) in [5, 5.41) is 7.22. The van der Waals surface area contributed by atoms with Crippen LogP contribution in [0.2, 0.25) is 0 Å². The van der Waals surface area contributed by atoms with Crippen molar-refractivity contribution < 1.29 is 4.42 Å². The van der Waals surface area contributed by atoms with Gasteiger partial charge in [0.15, 0.2) is 5.58 Å². The van der Waals surface area contributed by atoms with Crippen molar-refractivity contribution in [1.82, 2.24) is 0 Å². The van der Waals surface area contributed by atoms with Gasteiger partial charge in [0.2, 0.25) is 0 Å². The number of hydrogen-bond acceptors (Lipinski definition) is 3. The number of anilines is 3. The highest BCUT2D eigenvalue weighted by atomic mass is 32.1. The summed E-state index contributed by atoms with van der Waals surface area (Å²) in [5.74, 6) is 0. The van der Waals surface area contributed by atoms with Crippen LogP contribution in [0.1, 0.15) is 0 Å². The molecule has 0 amide bonds. The zero-order chi connectivity index (χ0) is 28.3. The Bertz CT molecular complexity index is 2360. The molecule has 9 aromatic rings. The molecule has 0 aliphatic carbocycles. The molecule has 0 bridgehead atoms. The lowest BCUT2D eigenvalue weighted by Gasteiger charge is -2.26. The van der Waals surface area contributed by atoms with Crippen molar-refractivity contribution in [2.75, 3.05) is 4.90 Å². The Labute approximate surface area is 252 Å². The van der Waals surface area contributed by atoms with Gasteiger partial charge in [0.05, 0.1) is 16.1 Å². The summed E-state index contributed by atoms with van der Waals surface area (Å²) in [5.41, 5.74) is 7.50. The highest BCUT2D eigenvalue weighted by molar-refractivity contribution is 7.26. The molecule has 0 aliphatic rings. The summed E-state index contributed by atoms with van der Waals surface area (Å²) in [4.78, 5) is 2.38. The van der Waals surface area contributed by atoms with E-state index in [2.05, 4.69) is 150 Å². The van der Waals surface area contributed by atoms with Crippen LogP contribution >= 0.6 is 11.3 Å². The SMILES string of the molecule is c1ccc(-c2ccc3cc(N(c4cccc5c4oc4ccccc45)c4cccc5c4sc4ccccc45)ccc3c2)cc1. The van der Waals surface area contributed by atoms with E-state index in [1.807, 2.05) is 17.4 Å². The summed E-state index contributed by atoms with van der Waals surface area (Å²) in [6, 6.07) is 54.2. The summed E-state index contributed by atoms with van der Waals surface area (Å²) in [6.07, 6.45) is 0. The second kappa shape index (κ2) is 9.59. The fourth-order valence-electron chi connectivity index (χ4n) is 6.41. The van der Waals surface area contributed by atoms with E-state index in [1.165, 1.54) is 42.1 Å². The van der Waals surface area contributed by atoms with E-state index in [-0.39, 0.29) is 0 Å². The molecule has 2 heterocycles. The summed E-state index contributed by atoms with van der Waals surface area (Å²) >= 11 is 1.85. The van der Waals surface area contributed by atoms with E-state index >= 15 is 0 Å². The molecule has 0 aliphatic heterocycles. The van der Waals surface area contributed by atoms with Gasteiger partial charge in [-0.2, -0.15) is 0 Å². The smallest absolute Gasteiger partial charge is 0.159 e. The van der Waals surface area contributed by atoms with Crippen molar-refractivity contribution in [3.05, 3.63) is 152 Å². The van der Waals surface area contributed by atoms with Gasteiger partial charge in [-0.1, -0.05) is 109 Å². The molecule has 202 valence electrons. The van der Waals surface area contributed by atoms with Crippen LogP contribution in [0.4, 0.5) is 17.1 Å². The molecule has 2 aromatic heterocycles. The zero-order valence-electron chi connectivity index (χ0n) is 23.2. The average molecular weight is 568 g/mol. The average Bonchev–Trinajstić information content (AvgIpc) is 3.65. The van der Waals surface area contributed by atoms with Gasteiger partial charge < -0.3 is 9.32 Å². The van der Waals surface area contributed by atoms with Gasteiger partial charge in [0, 0.05) is 31.9 Å². The van der Waals surface area contributed by atoms with Crippen LogP contribution in [0.25, 0.3) is 64.0 Å². The van der Waals surface area contributed by atoms with Crippen LogP contribution in [-0.2, 0) is 0 Å².